The van der Waals surface area contributed by atoms with Gasteiger partial charge in [0, 0.05) is 6.54 Å². The molecule has 0 aromatic heterocycles. The fourth-order valence-electron chi connectivity index (χ4n) is 1.17. The van der Waals surface area contributed by atoms with E-state index < -0.39 is 11.7 Å². The van der Waals surface area contributed by atoms with Crippen molar-refractivity contribution in [2.45, 2.75) is 32.9 Å². The summed E-state index contributed by atoms with van der Waals surface area (Å²) in [5.74, 6) is -0.403. The van der Waals surface area contributed by atoms with Crippen LogP contribution in [0.3, 0.4) is 0 Å². The predicted octanol–water partition coefficient (Wildman–Crippen LogP) is 2.12. The fourth-order valence-corrected chi connectivity index (χ4v) is 1.17. The molecule has 0 bridgehead atoms. The van der Waals surface area contributed by atoms with Gasteiger partial charge in [-0.25, -0.2) is 4.79 Å². The zero-order valence-electron chi connectivity index (χ0n) is 10.2. The van der Waals surface area contributed by atoms with Gasteiger partial charge in [0.2, 0.25) is 0 Å². The summed E-state index contributed by atoms with van der Waals surface area (Å²) < 4.78 is 5.05. The van der Waals surface area contributed by atoms with Crippen LogP contribution in [0.15, 0.2) is 18.2 Å². The monoisotopic (exact) mass is 239 g/mol. The van der Waals surface area contributed by atoms with Gasteiger partial charge in [0.05, 0.1) is 0 Å². The molecule has 5 nitrogen and oxygen atoms in total. The van der Waals surface area contributed by atoms with E-state index in [9.17, 15) is 9.90 Å². The molecular weight excluding hydrogens is 222 g/mol. The predicted molar refractivity (Wildman–Crippen MR) is 62.8 cm³/mol. The maximum atomic E-state index is 11.3. The van der Waals surface area contributed by atoms with Crippen LogP contribution in [0.5, 0.6) is 11.5 Å². The first kappa shape index (κ1) is 13.2. The molecule has 5 heteroatoms. The number of hydrogen-bond acceptors (Lipinski definition) is 4. The molecule has 0 saturated heterocycles. The molecule has 0 aliphatic rings. The Hall–Kier alpha value is -1.91. The first-order valence-corrected chi connectivity index (χ1v) is 5.25. The van der Waals surface area contributed by atoms with Crippen molar-refractivity contribution >= 4 is 6.09 Å². The SMILES string of the molecule is CC(C)(C)OC(=O)NCc1ccc(O)c(O)c1. The molecule has 3 N–H and O–H groups in total. The fraction of sp³-hybridized carbons (Fsp3) is 0.417. The highest BCUT2D eigenvalue weighted by molar-refractivity contribution is 5.67. The van der Waals surface area contributed by atoms with E-state index in [0.29, 0.717) is 5.56 Å². The van der Waals surface area contributed by atoms with Gasteiger partial charge in [-0.1, -0.05) is 6.07 Å². The zero-order valence-corrected chi connectivity index (χ0v) is 10.2. The van der Waals surface area contributed by atoms with Crippen LogP contribution in [0.1, 0.15) is 26.3 Å². The lowest BCUT2D eigenvalue weighted by Gasteiger charge is -2.19. The highest BCUT2D eigenvalue weighted by Crippen LogP contribution is 2.24. The molecule has 0 aliphatic carbocycles. The molecule has 0 aliphatic heterocycles. The van der Waals surface area contributed by atoms with E-state index in [2.05, 4.69) is 5.32 Å². The second-order valence-corrected chi connectivity index (χ2v) is 4.68. The van der Waals surface area contributed by atoms with Crippen LogP contribution in [-0.4, -0.2) is 21.9 Å². The molecular formula is C12H17NO4. The average Bonchev–Trinajstić information content (AvgIpc) is 2.17. The third-order valence-corrected chi connectivity index (χ3v) is 1.88. The lowest BCUT2D eigenvalue weighted by atomic mass is 10.2. The number of nitrogens with one attached hydrogen (secondary N) is 1. The van der Waals surface area contributed by atoms with Crippen LogP contribution < -0.4 is 5.32 Å². The molecule has 0 spiro atoms. The number of rotatable bonds is 2. The first-order chi connectivity index (χ1) is 7.78. The van der Waals surface area contributed by atoms with E-state index in [1.165, 1.54) is 12.1 Å². The van der Waals surface area contributed by atoms with Crippen molar-refractivity contribution < 1.29 is 19.7 Å². The number of ether oxygens (including phenoxy) is 1. The number of hydrogen-bond donors (Lipinski definition) is 3. The number of amides is 1. The molecule has 1 amide bonds. The summed E-state index contributed by atoms with van der Waals surface area (Å²) in [7, 11) is 0. The van der Waals surface area contributed by atoms with E-state index in [0.717, 1.165) is 0 Å². The second-order valence-electron chi connectivity index (χ2n) is 4.68. The maximum Gasteiger partial charge on any atom is 0.407 e. The molecule has 0 radical (unpaired) electrons. The lowest BCUT2D eigenvalue weighted by Crippen LogP contribution is -2.32. The standard InChI is InChI=1S/C12H17NO4/c1-12(2,3)17-11(16)13-7-8-4-5-9(14)10(15)6-8/h4-6,14-15H,7H2,1-3H3,(H,13,16). The van der Waals surface area contributed by atoms with Crippen molar-refractivity contribution in [1.29, 1.82) is 0 Å². The quantitative estimate of drug-likeness (QED) is 0.691. The number of aromatic hydroxyl groups is 2. The molecule has 1 aromatic rings. The largest absolute Gasteiger partial charge is 0.504 e. The molecule has 1 aromatic carbocycles. The summed E-state index contributed by atoms with van der Waals surface area (Å²) >= 11 is 0. The number of phenolic OH excluding ortho intramolecular Hbond substituents is 2. The molecule has 0 heterocycles. The van der Waals surface area contributed by atoms with Crippen LogP contribution >= 0.6 is 0 Å². The molecule has 17 heavy (non-hydrogen) atoms. The topological polar surface area (TPSA) is 78.8 Å². The van der Waals surface area contributed by atoms with Crippen molar-refractivity contribution in [3.8, 4) is 11.5 Å². The third-order valence-electron chi connectivity index (χ3n) is 1.88. The second kappa shape index (κ2) is 4.95. The van der Waals surface area contributed by atoms with Gasteiger partial charge in [-0.15, -0.1) is 0 Å². The molecule has 0 unspecified atom stereocenters. The number of alkyl carbamates (subject to hydrolysis) is 1. The van der Waals surface area contributed by atoms with Crippen molar-refractivity contribution in [3.63, 3.8) is 0 Å². The summed E-state index contributed by atoms with van der Waals surface area (Å²) in [5.41, 5.74) is 0.132. The maximum absolute atomic E-state index is 11.3. The normalized spacial score (nSPS) is 11.0. The number of carbonyl (C=O) groups excluding carboxylic acids is 1. The highest BCUT2D eigenvalue weighted by atomic mass is 16.6. The van der Waals surface area contributed by atoms with Gasteiger partial charge >= 0.3 is 6.09 Å². The summed E-state index contributed by atoms with van der Waals surface area (Å²) in [6.45, 7) is 5.56. The van der Waals surface area contributed by atoms with Crippen LogP contribution in [0.2, 0.25) is 0 Å². The van der Waals surface area contributed by atoms with Gasteiger partial charge < -0.3 is 20.3 Å². The van der Waals surface area contributed by atoms with Gasteiger partial charge in [-0.3, -0.25) is 0 Å². The Morgan fingerprint density at radius 1 is 1.29 bits per heavy atom. The molecule has 0 atom stereocenters. The van der Waals surface area contributed by atoms with Gasteiger partial charge in [-0.2, -0.15) is 0 Å². The number of carbonyl (C=O) groups is 1. The van der Waals surface area contributed by atoms with Crippen molar-refractivity contribution in [1.82, 2.24) is 5.32 Å². The van der Waals surface area contributed by atoms with Crippen molar-refractivity contribution in [2.24, 2.45) is 0 Å². The van der Waals surface area contributed by atoms with Gasteiger partial charge in [-0.05, 0) is 38.5 Å². The smallest absolute Gasteiger partial charge is 0.407 e. The minimum atomic E-state index is -0.540. The van der Waals surface area contributed by atoms with Gasteiger partial charge in [0.15, 0.2) is 11.5 Å². The Morgan fingerprint density at radius 2 is 1.94 bits per heavy atom. The van der Waals surface area contributed by atoms with Crippen molar-refractivity contribution in [3.05, 3.63) is 23.8 Å². The minimum Gasteiger partial charge on any atom is -0.504 e. The van der Waals surface area contributed by atoms with E-state index >= 15 is 0 Å². The van der Waals surface area contributed by atoms with Crippen LogP contribution in [0.25, 0.3) is 0 Å². The Balaban J connectivity index is 2.50. The Labute approximate surface area is 100 Å². The summed E-state index contributed by atoms with van der Waals surface area (Å²) in [6, 6.07) is 4.35. The van der Waals surface area contributed by atoms with E-state index in [1.54, 1.807) is 26.8 Å². The summed E-state index contributed by atoms with van der Waals surface area (Å²) in [5, 5.41) is 20.9. The van der Waals surface area contributed by atoms with Crippen LogP contribution in [0, 0.1) is 0 Å². The van der Waals surface area contributed by atoms with Crippen molar-refractivity contribution in [2.75, 3.05) is 0 Å². The Kier molecular flexibility index (Phi) is 3.83. The summed E-state index contributed by atoms with van der Waals surface area (Å²) in [6.07, 6.45) is -0.523. The molecule has 94 valence electrons. The zero-order chi connectivity index (χ0) is 13.1. The molecule has 1 rings (SSSR count). The summed E-state index contributed by atoms with van der Waals surface area (Å²) in [4.78, 5) is 11.3. The van der Waals surface area contributed by atoms with Gasteiger partial charge in [0.1, 0.15) is 5.60 Å². The van der Waals surface area contributed by atoms with Crippen LogP contribution in [0.4, 0.5) is 4.79 Å². The Bertz CT molecular complexity index is 409. The third kappa shape index (κ3) is 4.63. The molecule has 0 saturated carbocycles. The number of phenols is 2. The lowest BCUT2D eigenvalue weighted by molar-refractivity contribution is 0.0523. The number of benzene rings is 1. The van der Waals surface area contributed by atoms with E-state index in [4.69, 9.17) is 9.84 Å². The first-order valence-electron chi connectivity index (χ1n) is 5.25. The molecule has 0 fully saturated rings. The average molecular weight is 239 g/mol. The highest BCUT2D eigenvalue weighted by Gasteiger charge is 2.15. The Morgan fingerprint density at radius 3 is 2.47 bits per heavy atom. The minimum absolute atomic E-state index is 0.189. The van der Waals surface area contributed by atoms with Gasteiger partial charge in [0.25, 0.3) is 0 Å². The van der Waals surface area contributed by atoms with E-state index in [1.807, 2.05) is 0 Å². The van der Waals surface area contributed by atoms with E-state index in [-0.39, 0.29) is 18.0 Å². The van der Waals surface area contributed by atoms with Crippen LogP contribution in [-0.2, 0) is 11.3 Å².